The van der Waals surface area contributed by atoms with Gasteiger partial charge in [-0.3, -0.25) is 9.78 Å². The van der Waals surface area contributed by atoms with E-state index in [1.54, 1.807) is 0 Å². The third kappa shape index (κ3) is 4.49. The molecular formula is C13H10ClF3N2O2. The van der Waals surface area contributed by atoms with E-state index in [1.807, 2.05) is 0 Å². The zero-order valence-electron chi connectivity index (χ0n) is 10.6. The van der Waals surface area contributed by atoms with Crippen LogP contribution in [0.4, 0.5) is 13.2 Å². The van der Waals surface area contributed by atoms with E-state index in [-0.39, 0.29) is 23.0 Å². The normalized spacial score (nSPS) is 11.4. The Bertz CT molecular complexity index is 614. The van der Waals surface area contributed by atoms with Gasteiger partial charge < -0.3 is 9.32 Å². The van der Waals surface area contributed by atoms with Crippen molar-refractivity contribution in [2.75, 3.05) is 6.54 Å². The smallest absolute Gasteiger partial charge is 0.406 e. The molecule has 2 aromatic heterocycles. The van der Waals surface area contributed by atoms with Gasteiger partial charge in [0.15, 0.2) is 0 Å². The van der Waals surface area contributed by atoms with E-state index in [1.165, 1.54) is 36.7 Å². The summed E-state index contributed by atoms with van der Waals surface area (Å²) in [5.41, 5.74) is -0.154. The second-order valence-corrected chi connectivity index (χ2v) is 4.65. The van der Waals surface area contributed by atoms with Crippen LogP contribution in [0, 0.1) is 0 Å². The lowest BCUT2D eigenvalue weighted by molar-refractivity contribution is -0.142. The summed E-state index contributed by atoms with van der Waals surface area (Å²) in [6.45, 7) is -1.71. The molecule has 112 valence electrons. The van der Waals surface area contributed by atoms with Gasteiger partial charge in [-0.25, -0.2) is 0 Å². The van der Waals surface area contributed by atoms with Crippen molar-refractivity contribution in [3.63, 3.8) is 0 Å². The number of aromatic nitrogens is 1. The fourth-order valence-electron chi connectivity index (χ4n) is 1.69. The quantitative estimate of drug-likeness (QED) is 0.866. The third-order valence-corrected chi connectivity index (χ3v) is 2.76. The van der Waals surface area contributed by atoms with E-state index in [0.717, 1.165) is 0 Å². The Labute approximate surface area is 123 Å². The number of furan rings is 1. The van der Waals surface area contributed by atoms with E-state index >= 15 is 0 Å². The zero-order valence-corrected chi connectivity index (χ0v) is 11.4. The first kappa shape index (κ1) is 15.4. The predicted octanol–water partition coefficient (Wildman–Crippen LogP) is 3.53. The maximum absolute atomic E-state index is 12.6. The average Bonchev–Trinajstić information content (AvgIpc) is 2.88. The lowest BCUT2D eigenvalue weighted by atomic mass is 10.3. The molecular weight excluding hydrogens is 309 g/mol. The minimum Gasteiger partial charge on any atom is -0.467 e. The van der Waals surface area contributed by atoms with Crippen molar-refractivity contribution in [3.8, 4) is 0 Å². The Morgan fingerprint density at radius 2 is 2.14 bits per heavy atom. The largest absolute Gasteiger partial charge is 0.467 e. The van der Waals surface area contributed by atoms with Gasteiger partial charge in [0.2, 0.25) is 0 Å². The first-order valence-electron chi connectivity index (χ1n) is 5.85. The fourth-order valence-corrected chi connectivity index (χ4v) is 1.85. The third-order valence-electron chi connectivity index (χ3n) is 2.53. The average molecular weight is 319 g/mol. The van der Waals surface area contributed by atoms with Crippen molar-refractivity contribution >= 4 is 17.5 Å². The summed E-state index contributed by atoms with van der Waals surface area (Å²) in [5.74, 6) is -0.624. The van der Waals surface area contributed by atoms with Crippen LogP contribution in [0.5, 0.6) is 0 Å². The Balaban J connectivity index is 2.23. The molecule has 8 heteroatoms. The Kier molecular flexibility index (Phi) is 4.52. The van der Waals surface area contributed by atoms with E-state index in [0.29, 0.717) is 4.90 Å². The van der Waals surface area contributed by atoms with Crippen molar-refractivity contribution < 1.29 is 22.4 Å². The fraction of sp³-hybridized carbons (Fsp3) is 0.231. The summed E-state index contributed by atoms with van der Waals surface area (Å²) in [6.07, 6.45) is -1.95. The number of carbonyl (C=O) groups excluding carboxylic acids is 1. The lowest BCUT2D eigenvalue weighted by Gasteiger charge is -2.22. The Hall–Kier alpha value is -2.02. The first-order chi connectivity index (χ1) is 9.85. The summed E-state index contributed by atoms with van der Waals surface area (Å²) in [7, 11) is 0. The summed E-state index contributed by atoms with van der Waals surface area (Å²) in [6, 6.07) is 5.67. The van der Waals surface area contributed by atoms with Crippen molar-refractivity contribution in [2.24, 2.45) is 0 Å². The molecule has 0 unspecified atom stereocenters. The first-order valence-corrected chi connectivity index (χ1v) is 6.23. The second-order valence-electron chi connectivity index (χ2n) is 4.22. The number of amides is 1. The SMILES string of the molecule is O=C(c1cc(Cl)ccn1)N(Cc1ccco1)CC(F)(F)F. The molecule has 0 N–H and O–H groups in total. The number of alkyl halides is 3. The van der Waals surface area contributed by atoms with Crippen LogP contribution in [0.25, 0.3) is 0 Å². The number of halogens is 4. The zero-order chi connectivity index (χ0) is 15.5. The number of carbonyl (C=O) groups is 1. The van der Waals surface area contributed by atoms with E-state index in [4.69, 9.17) is 16.0 Å². The number of hydrogen-bond acceptors (Lipinski definition) is 3. The summed E-state index contributed by atoms with van der Waals surface area (Å²) in [5, 5.41) is 0.221. The highest BCUT2D eigenvalue weighted by Crippen LogP contribution is 2.20. The molecule has 0 saturated heterocycles. The number of nitrogens with zero attached hydrogens (tertiary/aromatic N) is 2. The highest BCUT2D eigenvalue weighted by Gasteiger charge is 2.34. The molecule has 0 aliphatic carbocycles. The number of rotatable bonds is 4. The van der Waals surface area contributed by atoms with Crippen LogP contribution < -0.4 is 0 Å². The van der Waals surface area contributed by atoms with Gasteiger partial charge in [-0.2, -0.15) is 13.2 Å². The molecule has 0 aliphatic heterocycles. The molecule has 2 heterocycles. The molecule has 0 aromatic carbocycles. The lowest BCUT2D eigenvalue weighted by Crippen LogP contribution is -2.38. The van der Waals surface area contributed by atoms with Crippen LogP contribution in [-0.4, -0.2) is 28.5 Å². The van der Waals surface area contributed by atoms with Crippen LogP contribution in [0.3, 0.4) is 0 Å². The maximum atomic E-state index is 12.6. The maximum Gasteiger partial charge on any atom is 0.406 e. The van der Waals surface area contributed by atoms with Gasteiger partial charge in [-0.15, -0.1) is 0 Å². The molecule has 0 saturated carbocycles. The molecule has 0 spiro atoms. The molecule has 4 nitrogen and oxygen atoms in total. The van der Waals surface area contributed by atoms with E-state index in [9.17, 15) is 18.0 Å². The van der Waals surface area contributed by atoms with Crippen LogP contribution in [0.1, 0.15) is 16.2 Å². The second kappa shape index (κ2) is 6.17. The Morgan fingerprint density at radius 3 is 2.71 bits per heavy atom. The van der Waals surface area contributed by atoms with E-state index in [2.05, 4.69) is 4.98 Å². The van der Waals surface area contributed by atoms with Gasteiger partial charge >= 0.3 is 6.18 Å². The molecule has 0 aliphatic rings. The highest BCUT2D eigenvalue weighted by molar-refractivity contribution is 6.30. The summed E-state index contributed by atoms with van der Waals surface area (Å²) < 4.78 is 42.8. The van der Waals surface area contributed by atoms with Gasteiger partial charge in [-0.05, 0) is 24.3 Å². The highest BCUT2D eigenvalue weighted by atomic mass is 35.5. The van der Waals surface area contributed by atoms with Crippen molar-refractivity contribution in [1.29, 1.82) is 0 Å². The summed E-state index contributed by atoms with van der Waals surface area (Å²) >= 11 is 5.72. The van der Waals surface area contributed by atoms with Gasteiger partial charge in [0.1, 0.15) is 18.0 Å². The van der Waals surface area contributed by atoms with Crippen molar-refractivity contribution in [1.82, 2.24) is 9.88 Å². The monoisotopic (exact) mass is 318 g/mol. The van der Waals surface area contributed by atoms with Gasteiger partial charge in [-0.1, -0.05) is 11.6 Å². The molecule has 0 atom stereocenters. The van der Waals surface area contributed by atoms with Crippen molar-refractivity contribution in [2.45, 2.75) is 12.7 Å². The van der Waals surface area contributed by atoms with Crippen LogP contribution in [0.2, 0.25) is 5.02 Å². The number of hydrogen-bond donors (Lipinski definition) is 0. The van der Waals surface area contributed by atoms with Crippen molar-refractivity contribution in [3.05, 3.63) is 53.2 Å². The van der Waals surface area contributed by atoms with E-state index < -0.39 is 18.6 Å². The minimum absolute atomic E-state index is 0.154. The molecule has 1 amide bonds. The molecule has 2 rings (SSSR count). The molecule has 2 aromatic rings. The van der Waals surface area contributed by atoms with Crippen LogP contribution in [-0.2, 0) is 6.54 Å². The van der Waals surface area contributed by atoms with Gasteiger partial charge in [0, 0.05) is 11.2 Å². The Morgan fingerprint density at radius 1 is 1.38 bits per heavy atom. The minimum atomic E-state index is -4.53. The van der Waals surface area contributed by atoms with Gasteiger partial charge in [0.05, 0.1) is 12.8 Å². The molecule has 0 fully saturated rings. The molecule has 0 radical (unpaired) electrons. The molecule has 0 bridgehead atoms. The standard InChI is InChI=1S/C13H10ClF3N2O2/c14-9-3-4-18-11(6-9)12(20)19(8-13(15,16)17)7-10-2-1-5-21-10/h1-6H,7-8H2. The van der Waals surface area contributed by atoms with Gasteiger partial charge in [0.25, 0.3) is 5.91 Å². The topological polar surface area (TPSA) is 46.3 Å². The summed E-state index contributed by atoms with van der Waals surface area (Å²) in [4.78, 5) is 16.5. The predicted molar refractivity (Wildman–Crippen MR) is 68.8 cm³/mol. The van der Waals surface area contributed by atoms with Crippen LogP contribution >= 0.6 is 11.6 Å². The van der Waals surface area contributed by atoms with Crippen LogP contribution in [0.15, 0.2) is 41.1 Å². The molecule has 21 heavy (non-hydrogen) atoms. The number of pyridine rings is 1.